The number of benzene rings is 4. The van der Waals surface area contributed by atoms with E-state index >= 15 is 0 Å². The lowest BCUT2D eigenvalue weighted by molar-refractivity contribution is 0.405. The zero-order chi connectivity index (χ0) is 33.1. The summed E-state index contributed by atoms with van der Waals surface area (Å²) in [5.41, 5.74) is 4.82. The SMILES string of the molecule is CN(C)CCCNc1ccccc1Sc1ccccc1NCCCCCNc1ccccc1Sc1ccccc1NCCCN(C)C. The molecular formula is C39H54N6S2. The van der Waals surface area contributed by atoms with E-state index in [0.29, 0.717) is 0 Å². The molecule has 252 valence electrons. The van der Waals surface area contributed by atoms with Gasteiger partial charge in [-0.05, 0) is 122 Å². The highest BCUT2D eigenvalue weighted by Crippen LogP contribution is 2.38. The Bertz CT molecular complexity index is 1350. The minimum Gasteiger partial charge on any atom is -0.384 e. The largest absolute Gasteiger partial charge is 0.384 e. The molecule has 4 aromatic rings. The second-order valence-corrected chi connectivity index (χ2v) is 14.4. The summed E-state index contributed by atoms with van der Waals surface area (Å²) >= 11 is 3.66. The normalized spacial score (nSPS) is 11.2. The van der Waals surface area contributed by atoms with Crippen LogP contribution in [-0.4, -0.2) is 77.3 Å². The Morgan fingerprint density at radius 2 is 0.660 bits per heavy atom. The molecule has 0 aliphatic carbocycles. The molecule has 4 N–H and O–H groups in total. The number of para-hydroxylation sites is 4. The Kier molecular flexibility index (Phi) is 16.2. The molecule has 0 amide bonds. The van der Waals surface area contributed by atoms with Crippen LogP contribution in [0.3, 0.4) is 0 Å². The second-order valence-electron chi connectivity index (χ2n) is 12.3. The lowest BCUT2D eigenvalue weighted by Crippen LogP contribution is -2.16. The van der Waals surface area contributed by atoms with Crippen LogP contribution in [0.2, 0.25) is 0 Å². The van der Waals surface area contributed by atoms with Crippen molar-refractivity contribution in [3.8, 4) is 0 Å². The first kappa shape index (κ1) is 36.5. The van der Waals surface area contributed by atoms with Crippen LogP contribution >= 0.6 is 23.5 Å². The maximum atomic E-state index is 3.71. The standard InChI is InChI=1S/C39H54N6S2/c1-44(2)30-16-28-42-34-20-8-12-24-38(34)46-36-22-10-6-18-32(36)40-26-14-5-15-27-41-33-19-7-11-23-37(33)47-39-25-13-9-21-35(39)43-29-17-31-45(3)4/h6-13,18-25,40-43H,5,14-17,26-31H2,1-4H3. The molecule has 0 heterocycles. The average molecular weight is 671 g/mol. The molecule has 47 heavy (non-hydrogen) atoms. The van der Waals surface area contributed by atoms with Crippen molar-refractivity contribution in [2.45, 2.75) is 51.7 Å². The fraction of sp³-hybridized carbons (Fsp3) is 0.385. The number of rotatable bonds is 22. The van der Waals surface area contributed by atoms with Gasteiger partial charge in [0.25, 0.3) is 0 Å². The van der Waals surface area contributed by atoms with Crippen LogP contribution in [0.25, 0.3) is 0 Å². The van der Waals surface area contributed by atoms with Crippen LogP contribution in [0.15, 0.2) is 117 Å². The summed E-state index contributed by atoms with van der Waals surface area (Å²) in [6.07, 6.45) is 5.68. The number of nitrogens with zero attached hydrogens (tertiary/aromatic N) is 2. The summed E-state index contributed by atoms with van der Waals surface area (Å²) in [5, 5.41) is 14.7. The summed E-state index contributed by atoms with van der Waals surface area (Å²) < 4.78 is 0. The van der Waals surface area contributed by atoms with E-state index in [4.69, 9.17) is 0 Å². The highest BCUT2D eigenvalue weighted by Gasteiger charge is 2.09. The van der Waals surface area contributed by atoms with E-state index in [1.807, 2.05) is 23.5 Å². The number of hydrogen-bond donors (Lipinski definition) is 4. The Balaban J connectivity index is 1.20. The first-order valence-electron chi connectivity index (χ1n) is 17.0. The summed E-state index contributed by atoms with van der Waals surface area (Å²) in [6.45, 7) is 6.04. The number of anilines is 4. The Morgan fingerprint density at radius 1 is 0.383 bits per heavy atom. The topological polar surface area (TPSA) is 54.6 Å². The maximum absolute atomic E-state index is 3.71. The van der Waals surface area contributed by atoms with Gasteiger partial charge in [0.2, 0.25) is 0 Å². The average Bonchev–Trinajstić information content (AvgIpc) is 3.07. The van der Waals surface area contributed by atoms with Crippen molar-refractivity contribution in [1.82, 2.24) is 9.80 Å². The van der Waals surface area contributed by atoms with Crippen molar-refractivity contribution in [3.05, 3.63) is 97.1 Å². The predicted molar refractivity (Wildman–Crippen MR) is 208 cm³/mol. The number of unbranched alkanes of at least 4 members (excludes halogenated alkanes) is 2. The molecule has 0 fully saturated rings. The number of hydrogen-bond acceptors (Lipinski definition) is 8. The molecule has 0 aromatic heterocycles. The Labute approximate surface area is 292 Å². The summed E-state index contributed by atoms with van der Waals surface area (Å²) in [5.74, 6) is 0. The third-order valence-corrected chi connectivity index (χ3v) is 9.97. The Morgan fingerprint density at radius 3 is 0.957 bits per heavy atom. The molecule has 4 rings (SSSR count). The first-order chi connectivity index (χ1) is 23.0. The van der Waals surface area contributed by atoms with Gasteiger partial charge in [0.15, 0.2) is 0 Å². The summed E-state index contributed by atoms with van der Waals surface area (Å²) in [6, 6.07) is 34.6. The first-order valence-corrected chi connectivity index (χ1v) is 18.6. The molecule has 4 aromatic carbocycles. The molecule has 0 saturated heterocycles. The molecule has 0 atom stereocenters. The smallest absolute Gasteiger partial charge is 0.0482 e. The van der Waals surface area contributed by atoms with Crippen molar-refractivity contribution in [1.29, 1.82) is 0 Å². The van der Waals surface area contributed by atoms with Gasteiger partial charge in [-0.25, -0.2) is 0 Å². The van der Waals surface area contributed by atoms with Gasteiger partial charge in [0.1, 0.15) is 0 Å². The minimum absolute atomic E-state index is 0.965. The maximum Gasteiger partial charge on any atom is 0.0482 e. The van der Waals surface area contributed by atoms with Gasteiger partial charge in [-0.2, -0.15) is 0 Å². The van der Waals surface area contributed by atoms with Gasteiger partial charge in [-0.15, -0.1) is 0 Å². The zero-order valence-electron chi connectivity index (χ0n) is 28.7. The van der Waals surface area contributed by atoms with E-state index in [0.717, 1.165) is 65.0 Å². The van der Waals surface area contributed by atoms with E-state index in [9.17, 15) is 0 Å². The summed E-state index contributed by atoms with van der Waals surface area (Å²) in [4.78, 5) is 9.50. The molecule has 8 heteroatoms. The van der Waals surface area contributed by atoms with Crippen molar-refractivity contribution in [3.63, 3.8) is 0 Å². The van der Waals surface area contributed by atoms with Crippen LogP contribution < -0.4 is 21.3 Å². The molecule has 0 unspecified atom stereocenters. The van der Waals surface area contributed by atoms with Crippen molar-refractivity contribution < 1.29 is 0 Å². The van der Waals surface area contributed by atoms with Crippen molar-refractivity contribution >= 4 is 46.3 Å². The van der Waals surface area contributed by atoms with E-state index in [1.54, 1.807) is 0 Å². The van der Waals surface area contributed by atoms with Gasteiger partial charge in [0.05, 0.1) is 0 Å². The van der Waals surface area contributed by atoms with Crippen LogP contribution in [0.4, 0.5) is 22.7 Å². The van der Waals surface area contributed by atoms with E-state index < -0.39 is 0 Å². The third kappa shape index (κ3) is 13.4. The molecule has 0 radical (unpaired) electrons. The van der Waals surface area contributed by atoms with Gasteiger partial charge in [0, 0.05) is 68.5 Å². The second kappa shape index (κ2) is 20.8. The van der Waals surface area contributed by atoms with Crippen LogP contribution in [0.1, 0.15) is 32.1 Å². The molecule has 0 aliphatic rings. The molecule has 0 spiro atoms. The van der Waals surface area contributed by atoms with Crippen molar-refractivity contribution in [2.24, 2.45) is 0 Å². The van der Waals surface area contributed by atoms with Crippen LogP contribution in [0.5, 0.6) is 0 Å². The highest BCUT2D eigenvalue weighted by molar-refractivity contribution is 8.00. The van der Waals surface area contributed by atoms with Crippen molar-refractivity contribution in [2.75, 3.05) is 88.7 Å². The highest BCUT2D eigenvalue weighted by atomic mass is 32.2. The third-order valence-electron chi connectivity index (χ3n) is 7.67. The molecular weight excluding hydrogens is 617 g/mol. The van der Waals surface area contributed by atoms with Gasteiger partial charge in [-0.1, -0.05) is 72.1 Å². The van der Waals surface area contributed by atoms with Crippen LogP contribution in [0, 0.1) is 0 Å². The lowest BCUT2D eigenvalue weighted by Gasteiger charge is -2.16. The fourth-order valence-corrected chi connectivity index (χ4v) is 7.21. The predicted octanol–water partition coefficient (Wildman–Crippen LogP) is 9.41. The minimum atomic E-state index is 0.965. The lowest BCUT2D eigenvalue weighted by atomic mass is 10.2. The van der Waals surface area contributed by atoms with E-state index in [-0.39, 0.29) is 0 Å². The van der Waals surface area contributed by atoms with E-state index in [1.165, 1.54) is 48.8 Å². The molecule has 0 saturated carbocycles. The zero-order valence-corrected chi connectivity index (χ0v) is 30.4. The number of nitrogens with one attached hydrogen (secondary N) is 4. The van der Waals surface area contributed by atoms with Crippen LogP contribution in [-0.2, 0) is 0 Å². The summed E-state index contributed by atoms with van der Waals surface area (Å²) in [7, 11) is 8.50. The molecule has 0 bridgehead atoms. The Hall–Kier alpha value is -3.30. The van der Waals surface area contributed by atoms with Gasteiger partial charge >= 0.3 is 0 Å². The monoisotopic (exact) mass is 670 g/mol. The fourth-order valence-electron chi connectivity index (χ4n) is 5.15. The van der Waals surface area contributed by atoms with Gasteiger partial charge in [-0.3, -0.25) is 0 Å². The molecule has 0 aliphatic heterocycles. The van der Waals surface area contributed by atoms with Gasteiger partial charge < -0.3 is 31.1 Å². The quantitative estimate of drug-likeness (QED) is 0.0618. The van der Waals surface area contributed by atoms with E-state index in [2.05, 4.69) is 156 Å². The molecule has 6 nitrogen and oxygen atoms in total.